The Labute approximate surface area is 154 Å². The van der Waals surface area contributed by atoms with Crippen LogP contribution in [-0.2, 0) is 9.59 Å². The van der Waals surface area contributed by atoms with Crippen molar-refractivity contribution in [3.63, 3.8) is 0 Å². The molecule has 1 saturated carbocycles. The SMILES string of the molecule is CC(C)[C@H](N)C(=O)NCC(=O)NC(c1ccc(F)cc1)C1CCC1.Cl. The molecule has 4 N–H and O–H groups in total. The van der Waals surface area contributed by atoms with E-state index in [-0.39, 0.29) is 48.5 Å². The van der Waals surface area contributed by atoms with E-state index in [2.05, 4.69) is 10.6 Å². The van der Waals surface area contributed by atoms with Crippen molar-refractivity contribution < 1.29 is 14.0 Å². The second-order valence-corrected chi connectivity index (χ2v) is 6.78. The van der Waals surface area contributed by atoms with Gasteiger partial charge in [0.1, 0.15) is 5.82 Å². The third-order valence-electron chi connectivity index (χ3n) is 4.61. The number of hydrogen-bond acceptors (Lipinski definition) is 3. The van der Waals surface area contributed by atoms with Crippen LogP contribution in [0.5, 0.6) is 0 Å². The molecule has 1 aliphatic carbocycles. The van der Waals surface area contributed by atoms with Gasteiger partial charge >= 0.3 is 0 Å². The van der Waals surface area contributed by atoms with Gasteiger partial charge in [-0.2, -0.15) is 0 Å². The molecular formula is C18H27ClFN3O2. The van der Waals surface area contributed by atoms with E-state index in [1.807, 2.05) is 13.8 Å². The molecule has 2 rings (SSSR count). The zero-order valence-electron chi connectivity index (χ0n) is 14.6. The fraction of sp³-hybridized carbons (Fsp3) is 0.556. The second kappa shape index (κ2) is 9.73. The fourth-order valence-corrected chi connectivity index (χ4v) is 2.73. The molecule has 140 valence electrons. The summed E-state index contributed by atoms with van der Waals surface area (Å²) < 4.78 is 13.1. The highest BCUT2D eigenvalue weighted by atomic mass is 35.5. The molecule has 0 saturated heterocycles. The first-order valence-corrected chi connectivity index (χ1v) is 8.46. The minimum Gasteiger partial charge on any atom is -0.347 e. The molecule has 1 aliphatic rings. The highest BCUT2D eigenvalue weighted by Gasteiger charge is 2.30. The van der Waals surface area contributed by atoms with Crippen molar-refractivity contribution in [3.8, 4) is 0 Å². The van der Waals surface area contributed by atoms with Crippen LogP contribution in [0.2, 0.25) is 0 Å². The Hall–Kier alpha value is -1.66. The Morgan fingerprint density at radius 3 is 2.32 bits per heavy atom. The molecule has 0 radical (unpaired) electrons. The minimum absolute atomic E-state index is 0. The summed E-state index contributed by atoms with van der Waals surface area (Å²) in [5.74, 6) is -0.530. The summed E-state index contributed by atoms with van der Waals surface area (Å²) in [6.07, 6.45) is 3.21. The van der Waals surface area contributed by atoms with Crippen LogP contribution >= 0.6 is 12.4 Å². The number of halogens is 2. The van der Waals surface area contributed by atoms with E-state index >= 15 is 0 Å². The Bertz CT molecular complexity index is 576. The molecule has 0 spiro atoms. The zero-order chi connectivity index (χ0) is 17.7. The van der Waals surface area contributed by atoms with Gasteiger partial charge in [0.15, 0.2) is 0 Å². The van der Waals surface area contributed by atoms with Crippen LogP contribution in [0.3, 0.4) is 0 Å². The fourth-order valence-electron chi connectivity index (χ4n) is 2.73. The molecular weight excluding hydrogens is 345 g/mol. The Morgan fingerprint density at radius 2 is 1.84 bits per heavy atom. The maximum absolute atomic E-state index is 13.1. The molecule has 0 bridgehead atoms. The maximum Gasteiger partial charge on any atom is 0.239 e. The molecule has 2 amide bonds. The summed E-state index contributed by atoms with van der Waals surface area (Å²) in [4.78, 5) is 24.0. The summed E-state index contributed by atoms with van der Waals surface area (Å²) in [7, 11) is 0. The lowest BCUT2D eigenvalue weighted by Gasteiger charge is -2.34. The van der Waals surface area contributed by atoms with Crippen LogP contribution in [0.25, 0.3) is 0 Å². The normalized spacial score (nSPS) is 16.4. The highest BCUT2D eigenvalue weighted by molar-refractivity contribution is 5.87. The van der Waals surface area contributed by atoms with Crippen LogP contribution in [0.4, 0.5) is 4.39 Å². The first kappa shape index (κ1) is 21.4. The van der Waals surface area contributed by atoms with Crippen LogP contribution in [0.1, 0.15) is 44.7 Å². The summed E-state index contributed by atoms with van der Waals surface area (Å²) >= 11 is 0. The van der Waals surface area contributed by atoms with Gasteiger partial charge in [-0.3, -0.25) is 9.59 Å². The maximum atomic E-state index is 13.1. The molecule has 0 heterocycles. The molecule has 1 aromatic rings. The second-order valence-electron chi connectivity index (χ2n) is 6.78. The monoisotopic (exact) mass is 371 g/mol. The molecule has 1 fully saturated rings. The molecule has 5 nitrogen and oxygen atoms in total. The van der Waals surface area contributed by atoms with Gasteiger partial charge in [0.2, 0.25) is 11.8 Å². The van der Waals surface area contributed by atoms with Crippen molar-refractivity contribution in [1.29, 1.82) is 0 Å². The Morgan fingerprint density at radius 1 is 1.24 bits per heavy atom. The molecule has 0 aliphatic heterocycles. The van der Waals surface area contributed by atoms with Crippen LogP contribution < -0.4 is 16.4 Å². The first-order valence-electron chi connectivity index (χ1n) is 8.46. The number of amides is 2. The predicted octanol–water partition coefficient (Wildman–Crippen LogP) is 2.30. The van der Waals surface area contributed by atoms with Gasteiger partial charge in [-0.1, -0.05) is 32.4 Å². The van der Waals surface area contributed by atoms with Crippen LogP contribution in [-0.4, -0.2) is 24.4 Å². The Balaban J connectivity index is 0.00000312. The number of hydrogen-bond donors (Lipinski definition) is 3. The number of nitrogens with two attached hydrogens (primary N) is 1. The summed E-state index contributed by atoms with van der Waals surface area (Å²) in [5.41, 5.74) is 6.64. The Kier molecular flexibility index (Phi) is 8.32. The minimum atomic E-state index is -0.627. The lowest BCUT2D eigenvalue weighted by molar-refractivity contribution is -0.128. The number of benzene rings is 1. The molecule has 25 heavy (non-hydrogen) atoms. The van der Waals surface area contributed by atoms with Gasteiger partial charge in [0.05, 0.1) is 18.6 Å². The largest absolute Gasteiger partial charge is 0.347 e. The van der Waals surface area contributed by atoms with E-state index in [1.165, 1.54) is 12.1 Å². The summed E-state index contributed by atoms with van der Waals surface area (Å²) in [5, 5.41) is 5.53. The van der Waals surface area contributed by atoms with Crippen molar-refractivity contribution >= 4 is 24.2 Å². The van der Waals surface area contributed by atoms with E-state index in [4.69, 9.17) is 5.73 Å². The molecule has 7 heteroatoms. The average molecular weight is 372 g/mol. The van der Waals surface area contributed by atoms with Gasteiger partial charge in [-0.15, -0.1) is 12.4 Å². The number of carbonyl (C=O) groups is 2. The van der Waals surface area contributed by atoms with Gasteiger partial charge in [-0.25, -0.2) is 4.39 Å². The quantitative estimate of drug-likeness (QED) is 0.687. The van der Waals surface area contributed by atoms with E-state index in [9.17, 15) is 14.0 Å². The molecule has 1 unspecified atom stereocenters. The number of nitrogens with one attached hydrogen (secondary N) is 2. The van der Waals surface area contributed by atoms with Gasteiger partial charge < -0.3 is 16.4 Å². The van der Waals surface area contributed by atoms with Crippen molar-refractivity contribution in [3.05, 3.63) is 35.6 Å². The van der Waals surface area contributed by atoms with Gasteiger partial charge in [-0.05, 0) is 42.4 Å². The van der Waals surface area contributed by atoms with Crippen LogP contribution in [0, 0.1) is 17.7 Å². The third kappa shape index (κ3) is 5.97. The standard InChI is InChI=1S/C18H26FN3O2.ClH/c1-11(2)16(20)18(24)21-10-15(23)22-17(12-4-3-5-12)13-6-8-14(19)9-7-13;/h6-9,11-12,16-17H,3-5,10,20H2,1-2H3,(H,21,24)(H,22,23);1H/t16-,17?;/m0./s1. The van der Waals surface area contributed by atoms with Gasteiger partial charge in [0, 0.05) is 0 Å². The first-order chi connectivity index (χ1) is 11.4. The van der Waals surface area contributed by atoms with E-state index in [1.54, 1.807) is 12.1 Å². The van der Waals surface area contributed by atoms with E-state index < -0.39 is 6.04 Å². The summed E-state index contributed by atoms with van der Waals surface area (Å²) in [6, 6.07) is 5.42. The van der Waals surface area contributed by atoms with Gasteiger partial charge in [0.25, 0.3) is 0 Å². The van der Waals surface area contributed by atoms with Crippen molar-refractivity contribution in [2.24, 2.45) is 17.6 Å². The number of carbonyl (C=O) groups excluding carboxylic acids is 2. The van der Waals surface area contributed by atoms with E-state index in [0.717, 1.165) is 24.8 Å². The van der Waals surface area contributed by atoms with Crippen molar-refractivity contribution in [2.45, 2.75) is 45.2 Å². The third-order valence-corrected chi connectivity index (χ3v) is 4.61. The topological polar surface area (TPSA) is 84.2 Å². The average Bonchev–Trinajstić information content (AvgIpc) is 2.50. The van der Waals surface area contributed by atoms with Crippen molar-refractivity contribution in [2.75, 3.05) is 6.54 Å². The molecule has 1 aromatic carbocycles. The lowest BCUT2D eigenvalue weighted by Crippen LogP contribution is -2.48. The predicted molar refractivity (Wildman–Crippen MR) is 97.7 cm³/mol. The van der Waals surface area contributed by atoms with Crippen molar-refractivity contribution in [1.82, 2.24) is 10.6 Å². The smallest absolute Gasteiger partial charge is 0.239 e. The molecule has 2 atom stereocenters. The zero-order valence-corrected chi connectivity index (χ0v) is 15.4. The lowest BCUT2D eigenvalue weighted by atomic mass is 9.77. The highest BCUT2D eigenvalue weighted by Crippen LogP contribution is 2.37. The van der Waals surface area contributed by atoms with Crippen LogP contribution in [0.15, 0.2) is 24.3 Å². The summed E-state index contributed by atoms with van der Waals surface area (Å²) in [6.45, 7) is 3.60. The van der Waals surface area contributed by atoms with E-state index in [0.29, 0.717) is 5.92 Å². The molecule has 0 aromatic heterocycles. The number of rotatable bonds is 7.